The molecule has 0 spiro atoms. The smallest absolute Gasteiger partial charge is 0.326 e. The minimum absolute atomic E-state index is 0.0152. The van der Waals surface area contributed by atoms with Crippen LogP contribution in [0.2, 0.25) is 0 Å². The highest BCUT2D eigenvalue weighted by Crippen LogP contribution is 2.42. The van der Waals surface area contributed by atoms with Crippen LogP contribution in [-0.4, -0.2) is 41.1 Å². The number of nitrogens with zero attached hydrogens (tertiary/aromatic N) is 1. The lowest BCUT2D eigenvalue weighted by molar-refractivity contribution is -0.149. The molecule has 1 aromatic rings. The van der Waals surface area contributed by atoms with Gasteiger partial charge in [-0.3, -0.25) is 4.79 Å². The SMILES string of the molecule is Cc1ccc(C)c(OCCCCC(=O)N2CC3CCCC3C2C(=O)O)c1. The maximum atomic E-state index is 12.5. The Morgan fingerprint density at radius 2 is 2.04 bits per heavy atom. The summed E-state index contributed by atoms with van der Waals surface area (Å²) >= 11 is 0. The Kier molecular flexibility index (Phi) is 5.84. The van der Waals surface area contributed by atoms with Gasteiger partial charge in [-0.25, -0.2) is 4.79 Å². The summed E-state index contributed by atoms with van der Waals surface area (Å²) in [6, 6.07) is 5.53. The van der Waals surface area contributed by atoms with Gasteiger partial charge in [0.05, 0.1) is 6.61 Å². The predicted octanol–water partition coefficient (Wildman–Crippen LogP) is 3.56. The zero-order valence-electron chi connectivity index (χ0n) is 15.7. The number of benzene rings is 1. The molecule has 5 nitrogen and oxygen atoms in total. The molecule has 1 saturated carbocycles. The maximum Gasteiger partial charge on any atom is 0.326 e. The monoisotopic (exact) mass is 359 g/mol. The average Bonchev–Trinajstić information content (AvgIpc) is 3.17. The van der Waals surface area contributed by atoms with Crippen molar-refractivity contribution in [2.45, 2.75) is 58.4 Å². The summed E-state index contributed by atoms with van der Waals surface area (Å²) in [6.45, 7) is 5.26. The quantitative estimate of drug-likeness (QED) is 0.756. The van der Waals surface area contributed by atoms with Gasteiger partial charge in [-0.1, -0.05) is 18.6 Å². The van der Waals surface area contributed by atoms with E-state index in [1.54, 1.807) is 4.90 Å². The topological polar surface area (TPSA) is 66.8 Å². The van der Waals surface area contributed by atoms with Crippen LogP contribution in [-0.2, 0) is 9.59 Å². The van der Waals surface area contributed by atoms with Crippen LogP contribution < -0.4 is 4.74 Å². The van der Waals surface area contributed by atoms with Crippen LogP contribution in [0.25, 0.3) is 0 Å². The van der Waals surface area contributed by atoms with Crippen LogP contribution in [0.1, 0.15) is 49.7 Å². The number of hydrogen-bond acceptors (Lipinski definition) is 3. The molecule has 5 heteroatoms. The van der Waals surface area contributed by atoms with Crippen molar-refractivity contribution < 1.29 is 19.4 Å². The molecular weight excluding hydrogens is 330 g/mol. The highest BCUT2D eigenvalue weighted by molar-refractivity contribution is 5.84. The van der Waals surface area contributed by atoms with Crippen molar-refractivity contribution in [3.05, 3.63) is 29.3 Å². The van der Waals surface area contributed by atoms with E-state index in [9.17, 15) is 14.7 Å². The molecule has 0 radical (unpaired) electrons. The second-order valence-corrected chi connectivity index (χ2v) is 7.76. The predicted molar refractivity (Wildman–Crippen MR) is 99.2 cm³/mol. The third-order valence-electron chi connectivity index (χ3n) is 5.85. The highest BCUT2D eigenvalue weighted by atomic mass is 16.5. The lowest BCUT2D eigenvalue weighted by Gasteiger charge is -2.24. The number of carboxylic acids is 1. The standard InChI is InChI=1S/C21H29NO4/c1-14-9-10-15(2)18(12-14)26-11-4-3-8-19(23)22-13-16-6-5-7-17(16)20(22)21(24)25/h9-10,12,16-17,20H,3-8,11,13H2,1-2H3,(H,24,25). The Morgan fingerprint density at radius 1 is 1.23 bits per heavy atom. The largest absolute Gasteiger partial charge is 0.493 e. The van der Waals surface area contributed by atoms with E-state index >= 15 is 0 Å². The fraction of sp³-hybridized carbons (Fsp3) is 0.619. The Labute approximate surface area is 155 Å². The van der Waals surface area contributed by atoms with E-state index in [2.05, 4.69) is 6.07 Å². The van der Waals surface area contributed by atoms with Gasteiger partial charge in [0, 0.05) is 13.0 Å². The lowest BCUT2D eigenvalue weighted by Crippen LogP contribution is -2.43. The Hall–Kier alpha value is -2.04. The minimum Gasteiger partial charge on any atom is -0.493 e. The van der Waals surface area contributed by atoms with Crippen molar-refractivity contribution in [1.29, 1.82) is 0 Å². The van der Waals surface area contributed by atoms with Crippen LogP contribution in [0, 0.1) is 25.7 Å². The summed E-state index contributed by atoms with van der Waals surface area (Å²) in [5.74, 6) is 0.580. The van der Waals surface area contributed by atoms with Crippen LogP contribution in [0.15, 0.2) is 18.2 Å². The number of amides is 1. The van der Waals surface area contributed by atoms with Gasteiger partial charge in [-0.15, -0.1) is 0 Å². The molecular formula is C21H29NO4. The number of aryl methyl sites for hydroxylation is 2. The minimum atomic E-state index is -0.842. The Bertz CT molecular complexity index is 672. The van der Waals surface area contributed by atoms with Crippen LogP contribution in [0.3, 0.4) is 0 Å². The van der Waals surface area contributed by atoms with Gasteiger partial charge in [-0.05, 0) is 68.6 Å². The average molecular weight is 359 g/mol. The second kappa shape index (κ2) is 8.11. The van der Waals surface area contributed by atoms with Crippen LogP contribution in [0.5, 0.6) is 5.75 Å². The fourth-order valence-corrected chi connectivity index (χ4v) is 4.45. The molecule has 3 rings (SSSR count). The van der Waals surface area contributed by atoms with Gasteiger partial charge in [0.25, 0.3) is 0 Å². The van der Waals surface area contributed by atoms with Gasteiger partial charge in [0.15, 0.2) is 0 Å². The van der Waals surface area contributed by atoms with Crippen molar-refractivity contribution >= 4 is 11.9 Å². The van der Waals surface area contributed by atoms with E-state index in [4.69, 9.17) is 4.74 Å². The van der Waals surface area contributed by atoms with Crippen molar-refractivity contribution in [3.63, 3.8) is 0 Å². The first kappa shape index (κ1) is 18.7. The fourth-order valence-electron chi connectivity index (χ4n) is 4.45. The van der Waals surface area contributed by atoms with Gasteiger partial charge >= 0.3 is 5.97 Å². The zero-order valence-corrected chi connectivity index (χ0v) is 15.7. The summed E-state index contributed by atoms with van der Waals surface area (Å²) in [7, 11) is 0. The molecule has 1 aliphatic heterocycles. The number of carbonyl (C=O) groups is 2. The number of carboxylic acid groups (broad SMARTS) is 1. The first-order chi connectivity index (χ1) is 12.5. The normalized spacial score (nSPS) is 24.5. The first-order valence-corrected chi connectivity index (χ1v) is 9.69. The third-order valence-corrected chi connectivity index (χ3v) is 5.85. The summed E-state index contributed by atoms with van der Waals surface area (Å²) in [5, 5.41) is 9.55. The molecule has 3 unspecified atom stereocenters. The number of hydrogen-bond donors (Lipinski definition) is 1. The van der Waals surface area contributed by atoms with Gasteiger partial charge in [0.1, 0.15) is 11.8 Å². The second-order valence-electron chi connectivity index (χ2n) is 7.76. The number of rotatable bonds is 7. The molecule has 142 valence electrons. The highest BCUT2D eigenvalue weighted by Gasteiger charge is 2.49. The third kappa shape index (κ3) is 4.02. The summed E-state index contributed by atoms with van der Waals surface area (Å²) in [5.41, 5.74) is 2.28. The van der Waals surface area contributed by atoms with Crippen molar-refractivity contribution in [1.82, 2.24) is 4.90 Å². The van der Waals surface area contributed by atoms with E-state index in [0.717, 1.165) is 43.4 Å². The van der Waals surface area contributed by atoms with Gasteiger partial charge in [-0.2, -0.15) is 0 Å². The number of unbranched alkanes of at least 4 members (excludes halogenated alkanes) is 1. The Balaban J connectivity index is 1.44. The molecule has 1 aromatic carbocycles. The molecule has 3 atom stereocenters. The molecule has 1 saturated heterocycles. The van der Waals surface area contributed by atoms with Crippen molar-refractivity contribution in [2.75, 3.05) is 13.2 Å². The molecule has 1 N–H and O–H groups in total. The van der Waals surface area contributed by atoms with E-state index in [1.807, 2.05) is 26.0 Å². The molecule has 26 heavy (non-hydrogen) atoms. The molecule has 1 heterocycles. The number of likely N-dealkylation sites (tertiary alicyclic amines) is 1. The summed E-state index contributed by atoms with van der Waals surface area (Å²) in [6.07, 6.45) is 5.01. The molecule has 2 aliphatic rings. The maximum absolute atomic E-state index is 12.5. The molecule has 0 bridgehead atoms. The molecule has 1 aliphatic carbocycles. The van der Waals surface area contributed by atoms with Gasteiger partial charge in [0.2, 0.25) is 5.91 Å². The number of carbonyl (C=O) groups excluding carboxylic acids is 1. The summed E-state index contributed by atoms with van der Waals surface area (Å²) in [4.78, 5) is 25.8. The van der Waals surface area contributed by atoms with Crippen LogP contribution in [0.4, 0.5) is 0 Å². The number of ether oxygens (including phenoxy) is 1. The molecule has 0 aromatic heterocycles. The zero-order chi connectivity index (χ0) is 18.7. The lowest BCUT2D eigenvalue weighted by atomic mass is 9.94. The van der Waals surface area contributed by atoms with Gasteiger partial charge < -0.3 is 14.7 Å². The number of fused-ring (bicyclic) bond motifs is 1. The van der Waals surface area contributed by atoms with E-state index < -0.39 is 12.0 Å². The van der Waals surface area contributed by atoms with E-state index in [1.165, 1.54) is 5.56 Å². The summed E-state index contributed by atoms with van der Waals surface area (Å²) < 4.78 is 5.83. The number of aliphatic carboxylic acids is 1. The molecule has 2 fully saturated rings. The van der Waals surface area contributed by atoms with Crippen molar-refractivity contribution in [3.8, 4) is 5.75 Å². The van der Waals surface area contributed by atoms with Crippen molar-refractivity contribution in [2.24, 2.45) is 11.8 Å². The van der Waals surface area contributed by atoms with E-state index in [0.29, 0.717) is 25.5 Å². The first-order valence-electron chi connectivity index (χ1n) is 9.69. The molecule has 1 amide bonds. The van der Waals surface area contributed by atoms with E-state index in [-0.39, 0.29) is 11.8 Å². The van der Waals surface area contributed by atoms with Crippen LogP contribution >= 0.6 is 0 Å². The Morgan fingerprint density at radius 3 is 2.81 bits per heavy atom.